The number of nitrogens with zero attached hydrogens (tertiary/aromatic N) is 1. The van der Waals surface area contributed by atoms with E-state index >= 15 is 0 Å². The van der Waals surface area contributed by atoms with Crippen LogP contribution in [-0.4, -0.2) is 57.7 Å². The zero-order valence-corrected chi connectivity index (χ0v) is 8.73. The number of nitrogens with one attached hydrogen (secondary N) is 1. The summed E-state index contributed by atoms with van der Waals surface area (Å²) in [7, 11) is 4.12. The topological polar surface area (TPSA) is 24.5 Å². The number of hydrogen-bond donors (Lipinski definition) is 1. The van der Waals surface area contributed by atoms with Crippen LogP contribution in [0.1, 0.15) is 0 Å². The van der Waals surface area contributed by atoms with Crippen molar-refractivity contribution >= 4 is 11.6 Å². The fourth-order valence-corrected chi connectivity index (χ4v) is 0.838. The molecule has 0 aromatic rings. The van der Waals surface area contributed by atoms with E-state index in [2.05, 4.69) is 24.3 Å². The van der Waals surface area contributed by atoms with Crippen molar-refractivity contribution in [1.82, 2.24) is 10.2 Å². The maximum Gasteiger partial charge on any atom is 0.0602 e. The van der Waals surface area contributed by atoms with Gasteiger partial charge in [0.25, 0.3) is 0 Å². The molecule has 4 heteroatoms. The first-order valence-corrected chi connectivity index (χ1v) is 4.80. The van der Waals surface area contributed by atoms with E-state index in [0.29, 0.717) is 12.5 Å². The molecule has 0 aromatic carbocycles. The Kier molecular flexibility index (Phi) is 9.39. The van der Waals surface area contributed by atoms with Crippen molar-refractivity contribution in [3.63, 3.8) is 0 Å². The van der Waals surface area contributed by atoms with E-state index in [9.17, 15) is 0 Å². The normalized spacial score (nSPS) is 11.0. The molecule has 0 fully saturated rings. The lowest BCUT2D eigenvalue weighted by Gasteiger charge is -2.09. The number of halogens is 1. The van der Waals surface area contributed by atoms with Gasteiger partial charge in [0.2, 0.25) is 0 Å². The molecule has 0 atom stereocenters. The Morgan fingerprint density at radius 2 is 2.00 bits per heavy atom. The van der Waals surface area contributed by atoms with Crippen LogP contribution in [0.3, 0.4) is 0 Å². The first-order chi connectivity index (χ1) is 5.77. The monoisotopic (exact) mass is 194 g/mol. The predicted octanol–water partition coefficient (Wildman–Crippen LogP) is 0.393. The third kappa shape index (κ3) is 10.2. The van der Waals surface area contributed by atoms with Gasteiger partial charge in [-0.25, -0.2) is 0 Å². The predicted molar refractivity (Wildman–Crippen MR) is 53.0 cm³/mol. The molecule has 1 N–H and O–H groups in total. The van der Waals surface area contributed by atoms with Crippen LogP contribution < -0.4 is 5.32 Å². The number of alkyl halides is 1. The molecule has 0 unspecified atom stereocenters. The SMILES string of the molecule is CN(C)CCNCCOCCCl. The van der Waals surface area contributed by atoms with Crippen LogP contribution in [0.4, 0.5) is 0 Å². The average molecular weight is 195 g/mol. The van der Waals surface area contributed by atoms with Crippen molar-refractivity contribution in [2.24, 2.45) is 0 Å². The molecule has 0 aliphatic heterocycles. The molecule has 0 aromatic heterocycles. The quantitative estimate of drug-likeness (QED) is 0.447. The summed E-state index contributed by atoms with van der Waals surface area (Å²) in [5, 5.41) is 3.27. The maximum absolute atomic E-state index is 5.43. The standard InChI is InChI=1S/C8H19ClN2O/c1-11(2)6-4-10-5-8-12-7-3-9/h10H,3-8H2,1-2H3. The van der Waals surface area contributed by atoms with Gasteiger partial charge in [0, 0.05) is 25.5 Å². The van der Waals surface area contributed by atoms with Gasteiger partial charge in [0.1, 0.15) is 0 Å². The molecule has 0 aliphatic carbocycles. The molecular weight excluding hydrogens is 176 g/mol. The lowest BCUT2D eigenvalue weighted by Crippen LogP contribution is -2.29. The lowest BCUT2D eigenvalue weighted by atomic mass is 10.5. The molecule has 0 rings (SSSR count). The average Bonchev–Trinajstić information content (AvgIpc) is 2.02. The number of likely N-dealkylation sites (N-methyl/N-ethyl adjacent to an activating group) is 1. The Morgan fingerprint density at radius 3 is 2.58 bits per heavy atom. The van der Waals surface area contributed by atoms with E-state index in [1.54, 1.807) is 0 Å². The molecule has 0 heterocycles. The summed E-state index contributed by atoms with van der Waals surface area (Å²) in [5.74, 6) is 0.581. The highest BCUT2D eigenvalue weighted by molar-refractivity contribution is 6.17. The maximum atomic E-state index is 5.43. The molecule has 0 aliphatic rings. The van der Waals surface area contributed by atoms with E-state index in [4.69, 9.17) is 16.3 Å². The first-order valence-electron chi connectivity index (χ1n) is 4.26. The van der Waals surface area contributed by atoms with Crippen molar-refractivity contribution in [3.8, 4) is 0 Å². The Hall–Kier alpha value is 0.170. The molecular formula is C8H19ClN2O. The summed E-state index contributed by atoms with van der Waals surface area (Å²) >= 11 is 5.43. The minimum absolute atomic E-state index is 0.581. The minimum Gasteiger partial charge on any atom is -0.379 e. The Morgan fingerprint density at radius 1 is 1.25 bits per heavy atom. The van der Waals surface area contributed by atoms with Crippen LogP contribution in [0.5, 0.6) is 0 Å². The highest BCUT2D eigenvalue weighted by Gasteiger charge is 1.89. The van der Waals surface area contributed by atoms with Crippen molar-refractivity contribution in [2.75, 3.05) is 52.8 Å². The first kappa shape index (κ1) is 12.2. The van der Waals surface area contributed by atoms with E-state index < -0.39 is 0 Å². The molecule has 12 heavy (non-hydrogen) atoms. The molecule has 0 spiro atoms. The molecule has 0 bridgehead atoms. The zero-order valence-electron chi connectivity index (χ0n) is 7.98. The number of hydrogen-bond acceptors (Lipinski definition) is 3. The second-order valence-electron chi connectivity index (χ2n) is 2.85. The highest BCUT2D eigenvalue weighted by atomic mass is 35.5. The third-order valence-corrected chi connectivity index (χ3v) is 1.53. The second kappa shape index (κ2) is 9.26. The van der Waals surface area contributed by atoms with Gasteiger partial charge in [-0.1, -0.05) is 0 Å². The van der Waals surface area contributed by atoms with Crippen LogP contribution in [0.15, 0.2) is 0 Å². The van der Waals surface area contributed by atoms with E-state index in [1.807, 2.05) is 0 Å². The highest BCUT2D eigenvalue weighted by Crippen LogP contribution is 1.77. The summed E-state index contributed by atoms with van der Waals surface area (Å²) in [6, 6.07) is 0. The van der Waals surface area contributed by atoms with Crippen LogP contribution in [0.25, 0.3) is 0 Å². The molecule has 3 nitrogen and oxygen atoms in total. The summed E-state index contributed by atoms with van der Waals surface area (Å²) in [6.45, 7) is 4.38. The van der Waals surface area contributed by atoms with Crippen molar-refractivity contribution in [2.45, 2.75) is 0 Å². The van der Waals surface area contributed by atoms with Crippen LogP contribution in [0, 0.1) is 0 Å². The van der Waals surface area contributed by atoms with Gasteiger partial charge < -0.3 is 15.0 Å². The largest absolute Gasteiger partial charge is 0.379 e. The molecule has 0 amide bonds. The lowest BCUT2D eigenvalue weighted by molar-refractivity contribution is 0.150. The molecule has 0 radical (unpaired) electrons. The Bertz CT molecular complexity index is 91.1. The van der Waals surface area contributed by atoms with Gasteiger partial charge >= 0.3 is 0 Å². The van der Waals surface area contributed by atoms with Gasteiger partial charge in [-0.15, -0.1) is 11.6 Å². The molecule has 0 saturated heterocycles. The second-order valence-corrected chi connectivity index (χ2v) is 3.23. The van der Waals surface area contributed by atoms with Crippen LogP contribution in [-0.2, 0) is 4.74 Å². The van der Waals surface area contributed by atoms with Crippen molar-refractivity contribution < 1.29 is 4.74 Å². The van der Waals surface area contributed by atoms with Gasteiger partial charge in [0.05, 0.1) is 13.2 Å². The van der Waals surface area contributed by atoms with Gasteiger partial charge in [-0.3, -0.25) is 0 Å². The fraction of sp³-hybridized carbons (Fsp3) is 1.00. The van der Waals surface area contributed by atoms with E-state index in [1.165, 1.54) is 0 Å². The fourth-order valence-electron chi connectivity index (χ4n) is 0.729. The Labute approximate surface area is 80.0 Å². The summed E-state index contributed by atoms with van der Waals surface area (Å²) in [6.07, 6.45) is 0. The van der Waals surface area contributed by atoms with E-state index in [-0.39, 0.29) is 0 Å². The smallest absolute Gasteiger partial charge is 0.0602 e. The summed E-state index contributed by atoms with van der Waals surface area (Å²) in [5.41, 5.74) is 0. The van der Waals surface area contributed by atoms with Crippen molar-refractivity contribution in [1.29, 1.82) is 0 Å². The van der Waals surface area contributed by atoms with Gasteiger partial charge in [0.15, 0.2) is 0 Å². The summed E-state index contributed by atoms with van der Waals surface area (Å²) < 4.78 is 5.18. The van der Waals surface area contributed by atoms with Crippen LogP contribution >= 0.6 is 11.6 Å². The Balaban J connectivity index is 2.82. The van der Waals surface area contributed by atoms with Crippen molar-refractivity contribution in [3.05, 3.63) is 0 Å². The molecule has 74 valence electrons. The minimum atomic E-state index is 0.581. The number of ether oxygens (including phenoxy) is 1. The van der Waals surface area contributed by atoms with Gasteiger partial charge in [-0.2, -0.15) is 0 Å². The summed E-state index contributed by atoms with van der Waals surface area (Å²) in [4.78, 5) is 2.15. The molecule has 0 saturated carbocycles. The zero-order chi connectivity index (χ0) is 9.23. The van der Waals surface area contributed by atoms with Gasteiger partial charge in [-0.05, 0) is 14.1 Å². The van der Waals surface area contributed by atoms with E-state index in [0.717, 1.165) is 26.2 Å². The van der Waals surface area contributed by atoms with Crippen LogP contribution in [0.2, 0.25) is 0 Å². The number of rotatable bonds is 8. The third-order valence-electron chi connectivity index (χ3n) is 1.38.